The van der Waals surface area contributed by atoms with Crippen LogP contribution in [0.4, 0.5) is 0 Å². The Hall–Kier alpha value is -1.41. The fourth-order valence-electron chi connectivity index (χ4n) is 1.58. The first-order chi connectivity index (χ1) is 6.92. The van der Waals surface area contributed by atoms with Crippen molar-refractivity contribution in [3.05, 3.63) is 42.1 Å². The molecule has 2 aromatic rings. The molecule has 0 bridgehead atoms. The standard InChI is InChI=1S/C12H14N2/c1-2-13-9-10-5-3-7-12-11(10)6-4-8-14-12/h3-8,13H,2,9H2,1H3. The molecule has 0 spiro atoms. The molecule has 0 amide bonds. The number of pyridine rings is 1. The summed E-state index contributed by atoms with van der Waals surface area (Å²) in [4.78, 5) is 4.32. The highest BCUT2D eigenvalue weighted by molar-refractivity contribution is 5.81. The minimum atomic E-state index is 0.916. The molecule has 2 nitrogen and oxygen atoms in total. The zero-order chi connectivity index (χ0) is 9.80. The van der Waals surface area contributed by atoms with Crippen LogP contribution >= 0.6 is 0 Å². The number of nitrogens with one attached hydrogen (secondary N) is 1. The van der Waals surface area contributed by atoms with E-state index in [1.807, 2.05) is 18.3 Å². The molecule has 2 rings (SSSR count). The van der Waals surface area contributed by atoms with E-state index in [0.29, 0.717) is 0 Å². The predicted octanol–water partition coefficient (Wildman–Crippen LogP) is 2.34. The van der Waals surface area contributed by atoms with Crippen LogP contribution < -0.4 is 5.32 Å². The summed E-state index contributed by atoms with van der Waals surface area (Å²) in [6, 6.07) is 10.4. The van der Waals surface area contributed by atoms with Crippen molar-refractivity contribution in [1.82, 2.24) is 10.3 Å². The van der Waals surface area contributed by atoms with Gasteiger partial charge in [0, 0.05) is 18.1 Å². The summed E-state index contributed by atoms with van der Waals surface area (Å²) in [5.74, 6) is 0. The lowest BCUT2D eigenvalue weighted by Crippen LogP contribution is -2.11. The van der Waals surface area contributed by atoms with Gasteiger partial charge in [-0.25, -0.2) is 0 Å². The average molecular weight is 186 g/mol. The predicted molar refractivity (Wildman–Crippen MR) is 59.1 cm³/mol. The minimum absolute atomic E-state index is 0.916. The van der Waals surface area contributed by atoms with Crippen molar-refractivity contribution >= 4 is 10.9 Å². The average Bonchev–Trinajstić information content (AvgIpc) is 2.26. The summed E-state index contributed by atoms with van der Waals surface area (Å²) in [7, 11) is 0. The lowest BCUT2D eigenvalue weighted by molar-refractivity contribution is 0.730. The van der Waals surface area contributed by atoms with E-state index in [0.717, 1.165) is 18.6 Å². The van der Waals surface area contributed by atoms with E-state index in [-0.39, 0.29) is 0 Å². The summed E-state index contributed by atoms with van der Waals surface area (Å²) in [5, 5.41) is 4.58. The zero-order valence-electron chi connectivity index (χ0n) is 8.33. The van der Waals surface area contributed by atoms with E-state index in [4.69, 9.17) is 0 Å². The Morgan fingerprint density at radius 1 is 1.21 bits per heavy atom. The minimum Gasteiger partial charge on any atom is -0.313 e. The van der Waals surface area contributed by atoms with E-state index in [1.165, 1.54) is 10.9 Å². The molecule has 72 valence electrons. The maximum absolute atomic E-state index is 4.32. The highest BCUT2D eigenvalue weighted by Gasteiger charge is 1.99. The van der Waals surface area contributed by atoms with Crippen molar-refractivity contribution in [3.8, 4) is 0 Å². The van der Waals surface area contributed by atoms with Crippen molar-refractivity contribution in [1.29, 1.82) is 0 Å². The molecule has 0 unspecified atom stereocenters. The smallest absolute Gasteiger partial charge is 0.0705 e. The van der Waals surface area contributed by atoms with Crippen LogP contribution in [-0.2, 0) is 6.54 Å². The quantitative estimate of drug-likeness (QED) is 0.795. The third-order valence-corrected chi connectivity index (χ3v) is 2.30. The molecule has 0 aliphatic carbocycles. The first-order valence-electron chi connectivity index (χ1n) is 4.95. The van der Waals surface area contributed by atoms with Crippen LogP contribution in [0.25, 0.3) is 10.9 Å². The Kier molecular flexibility index (Phi) is 2.75. The molecule has 0 atom stereocenters. The van der Waals surface area contributed by atoms with Gasteiger partial charge in [-0.1, -0.05) is 25.1 Å². The van der Waals surface area contributed by atoms with Gasteiger partial charge in [0.1, 0.15) is 0 Å². The SMILES string of the molecule is CCNCc1cccc2ncccc12. The Balaban J connectivity index is 2.43. The normalized spacial score (nSPS) is 10.6. The monoisotopic (exact) mass is 186 g/mol. The van der Waals surface area contributed by atoms with Gasteiger partial charge in [0.05, 0.1) is 5.52 Å². The molecule has 0 aliphatic rings. The summed E-state index contributed by atoms with van der Waals surface area (Å²) in [5.41, 5.74) is 2.39. The Bertz CT molecular complexity index is 418. The van der Waals surface area contributed by atoms with Crippen LogP contribution in [0.15, 0.2) is 36.5 Å². The summed E-state index contributed by atoms with van der Waals surface area (Å²) in [6.45, 7) is 4.03. The van der Waals surface area contributed by atoms with Gasteiger partial charge in [-0.2, -0.15) is 0 Å². The topological polar surface area (TPSA) is 24.9 Å². The molecular weight excluding hydrogens is 172 g/mol. The van der Waals surface area contributed by atoms with Crippen LogP contribution in [0.5, 0.6) is 0 Å². The summed E-state index contributed by atoms with van der Waals surface area (Å²) >= 11 is 0. The largest absolute Gasteiger partial charge is 0.313 e. The fourth-order valence-corrected chi connectivity index (χ4v) is 1.58. The van der Waals surface area contributed by atoms with Crippen LogP contribution in [-0.4, -0.2) is 11.5 Å². The van der Waals surface area contributed by atoms with Crippen LogP contribution in [0.1, 0.15) is 12.5 Å². The molecule has 0 radical (unpaired) electrons. The molecule has 0 aliphatic heterocycles. The lowest BCUT2D eigenvalue weighted by atomic mass is 10.1. The van der Waals surface area contributed by atoms with E-state index in [2.05, 4.69) is 35.4 Å². The van der Waals surface area contributed by atoms with Crippen molar-refractivity contribution in [2.24, 2.45) is 0 Å². The number of hydrogen-bond acceptors (Lipinski definition) is 2. The number of nitrogens with zero attached hydrogens (tertiary/aromatic N) is 1. The van der Waals surface area contributed by atoms with E-state index >= 15 is 0 Å². The molecule has 2 heteroatoms. The van der Waals surface area contributed by atoms with Crippen LogP contribution in [0.2, 0.25) is 0 Å². The van der Waals surface area contributed by atoms with Crippen molar-refractivity contribution in [3.63, 3.8) is 0 Å². The van der Waals surface area contributed by atoms with Gasteiger partial charge in [-0.05, 0) is 24.2 Å². The third kappa shape index (κ3) is 1.75. The number of aromatic nitrogens is 1. The highest BCUT2D eigenvalue weighted by atomic mass is 14.8. The van der Waals surface area contributed by atoms with E-state index < -0.39 is 0 Å². The molecule has 1 aromatic heterocycles. The van der Waals surface area contributed by atoms with Gasteiger partial charge < -0.3 is 5.32 Å². The Morgan fingerprint density at radius 2 is 2.14 bits per heavy atom. The third-order valence-electron chi connectivity index (χ3n) is 2.30. The van der Waals surface area contributed by atoms with Crippen LogP contribution in [0.3, 0.4) is 0 Å². The number of benzene rings is 1. The van der Waals surface area contributed by atoms with Gasteiger partial charge in [-0.3, -0.25) is 4.98 Å². The van der Waals surface area contributed by atoms with Crippen molar-refractivity contribution in [2.45, 2.75) is 13.5 Å². The summed E-state index contributed by atoms with van der Waals surface area (Å²) < 4.78 is 0. The van der Waals surface area contributed by atoms with Crippen molar-refractivity contribution < 1.29 is 0 Å². The van der Waals surface area contributed by atoms with Crippen molar-refractivity contribution in [2.75, 3.05) is 6.54 Å². The van der Waals surface area contributed by atoms with Gasteiger partial charge in [0.15, 0.2) is 0 Å². The maximum Gasteiger partial charge on any atom is 0.0705 e. The highest BCUT2D eigenvalue weighted by Crippen LogP contribution is 2.15. The summed E-state index contributed by atoms with van der Waals surface area (Å²) in [6.07, 6.45) is 1.83. The maximum atomic E-state index is 4.32. The van der Waals surface area contributed by atoms with Gasteiger partial charge in [0.2, 0.25) is 0 Å². The number of fused-ring (bicyclic) bond motifs is 1. The molecule has 1 heterocycles. The fraction of sp³-hybridized carbons (Fsp3) is 0.250. The Morgan fingerprint density at radius 3 is 3.00 bits per heavy atom. The second kappa shape index (κ2) is 4.20. The van der Waals surface area contributed by atoms with Gasteiger partial charge >= 0.3 is 0 Å². The second-order valence-corrected chi connectivity index (χ2v) is 3.27. The lowest BCUT2D eigenvalue weighted by Gasteiger charge is -2.05. The van der Waals surface area contributed by atoms with Gasteiger partial charge in [-0.15, -0.1) is 0 Å². The second-order valence-electron chi connectivity index (χ2n) is 3.27. The molecule has 1 N–H and O–H groups in total. The molecular formula is C12H14N2. The molecule has 1 aromatic carbocycles. The molecule has 0 fully saturated rings. The first-order valence-corrected chi connectivity index (χ1v) is 4.95. The van der Waals surface area contributed by atoms with Crippen LogP contribution in [0, 0.1) is 0 Å². The molecule has 0 saturated carbocycles. The number of rotatable bonds is 3. The van der Waals surface area contributed by atoms with E-state index in [9.17, 15) is 0 Å². The zero-order valence-corrected chi connectivity index (χ0v) is 8.33. The van der Waals surface area contributed by atoms with Gasteiger partial charge in [0.25, 0.3) is 0 Å². The molecule has 14 heavy (non-hydrogen) atoms. The van der Waals surface area contributed by atoms with E-state index in [1.54, 1.807) is 0 Å². The Labute approximate surface area is 84.0 Å². The number of hydrogen-bond donors (Lipinski definition) is 1. The first kappa shape index (κ1) is 9.16. The molecule has 0 saturated heterocycles.